The number of hydrogen-bond acceptors (Lipinski definition) is 4. The van der Waals surface area contributed by atoms with Gasteiger partial charge in [0.15, 0.2) is 0 Å². The lowest BCUT2D eigenvalue weighted by Crippen LogP contribution is -2.40. The minimum absolute atomic E-state index is 0.0491. The molecule has 2 amide bonds. The average Bonchev–Trinajstić information content (AvgIpc) is 3.24. The second kappa shape index (κ2) is 7.06. The molecule has 114 valence electrons. The number of amides is 2. The molecule has 1 aromatic heterocycles. The highest BCUT2D eigenvalue weighted by atomic mass is 16.5. The van der Waals surface area contributed by atoms with Crippen molar-refractivity contribution >= 4 is 11.8 Å². The minimum atomic E-state index is -0.238. The molecule has 0 saturated heterocycles. The highest BCUT2D eigenvalue weighted by Gasteiger charge is 2.27. The van der Waals surface area contributed by atoms with Gasteiger partial charge in [0.1, 0.15) is 5.76 Å². The van der Waals surface area contributed by atoms with Crippen molar-refractivity contribution < 1.29 is 14.1 Å². The highest BCUT2D eigenvalue weighted by Crippen LogP contribution is 2.40. The number of carbonyl (C=O) groups excluding carboxylic acids is 2. The molecule has 1 heterocycles. The normalized spacial score (nSPS) is 13.8. The SMILES string of the molecule is C=CC(=O)N(CC)CC(=O)NCCc1cc(C2CC2)on1. The third-order valence-electron chi connectivity index (χ3n) is 3.46. The lowest BCUT2D eigenvalue weighted by molar-refractivity contribution is -0.132. The summed E-state index contributed by atoms with van der Waals surface area (Å²) < 4.78 is 5.25. The number of carbonyl (C=O) groups is 2. The van der Waals surface area contributed by atoms with Crippen LogP contribution in [0, 0.1) is 0 Å². The van der Waals surface area contributed by atoms with E-state index in [1.165, 1.54) is 23.8 Å². The number of rotatable bonds is 8. The Kier molecular flexibility index (Phi) is 5.14. The molecular formula is C15H21N3O3. The van der Waals surface area contributed by atoms with E-state index in [4.69, 9.17) is 4.52 Å². The van der Waals surface area contributed by atoms with E-state index in [9.17, 15) is 9.59 Å². The maximum absolute atomic E-state index is 11.8. The van der Waals surface area contributed by atoms with Crippen LogP contribution in [0.2, 0.25) is 0 Å². The lowest BCUT2D eigenvalue weighted by Gasteiger charge is -2.18. The van der Waals surface area contributed by atoms with Crippen molar-refractivity contribution in [1.29, 1.82) is 0 Å². The van der Waals surface area contributed by atoms with Crippen molar-refractivity contribution in [2.75, 3.05) is 19.6 Å². The Morgan fingerprint density at radius 3 is 2.95 bits per heavy atom. The monoisotopic (exact) mass is 291 g/mol. The molecule has 21 heavy (non-hydrogen) atoms. The summed E-state index contributed by atoms with van der Waals surface area (Å²) in [7, 11) is 0. The van der Waals surface area contributed by atoms with Crippen LogP contribution >= 0.6 is 0 Å². The van der Waals surface area contributed by atoms with Crippen LogP contribution in [0.4, 0.5) is 0 Å². The summed E-state index contributed by atoms with van der Waals surface area (Å²) in [5.74, 6) is 1.07. The van der Waals surface area contributed by atoms with Gasteiger partial charge in [0.2, 0.25) is 11.8 Å². The fourth-order valence-corrected chi connectivity index (χ4v) is 2.04. The number of nitrogens with one attached hydrogen (secondary N) is 1. The van der Waals surface area contributed by atoms with Gasteiger partial charge in [-0.25, -0.2) is 0 Å². The van der Waals surface area contributed by atoms with Crippen LogP contribution in [0.15, 0.2) is 23.2 Å². The van der Waals surface area contributed by atoms with Crippen LogP contribution < -0.4 is 5.32 Å². The van der Waals surface area contributed by atoms with Gasteiger partial charge in [-0.3, -0.25) is 9.59 Å². The molecule has 0 atom stereocenters. The first-order valence-corrected chi connectivity index (χ1v) is 7.27. The summed E-state index contributed by atoms with van der Waals surface area (Å²) >= 11 is 0. The van der Waals surface area contributed by atoms with E-state index in [0.717, 1.165) is 11.5 Å². The minimum Gasteiger partial charge on any atom is -0.361 e. The first-order chi connectivity index (χ1) is 10.1. The Hall–Kier alpha value is -2.11. The fourth-order valence-electron chi connectivity index (χ4n) is 2.04. The van der Waals surface area contributed by atoms with E-state index < -0.39 is 0 Å². The third kappa shape index (κ3) is 4.44. The van der Waals surface area contributed by atoms with Gasteiger partial charge >= 0.3 is 0 Å². The summed E-state index contributed by atoms with van der Waals surface area (Å²) in [6.45, 7) is 6.25. The van der Waals surface area contributed by atoms with Crippen molar-refractivity contribution in [3.05, 3.63) is 30.2 Å². The van der Waals surface area contributed by atoms with Gasteiger partial charge in [0, 0.05) is 31.5 Å². The van der Waals surface area contributed by atoms with Crippen LogP contribution in [-0.2, 0) is 16.0 Å². The molecular weight excluding hydrogens is 270 g/mol. The van der Waals surface area contributed by atoms with Gasteiger partial charge in [-0.05, 0) is 25.8 Å². The zero-order chi connectivity index (χ0) is 15.2. The van der Waals surface area contributed by atoms with Gasteiger partial charge < -0.3 is 14.7 Å². The van der Waals surface area contributed by atoms with Crippen LogP contribution in [0.25, 0.3) is 0 Å². The summed E-state index contributed by atoms with van der Waals surface area (Å²) in [6, 6.07) is 1.96. The van der Waals surface area contributed by atoms with Crippen LogP contribution in [0.1, 0.15) is 37.1 Å². The van der Waals surface area contributed by atoms with Crippen molar-refractivity contribution in [3.63, 3.8) is 0 Å². The molecule has 1 aromatic rings. The predicted molar refractivity (Wildman–Crippen MR) is 77.6 cm³/mol. The van der Waals surface area contributed by atoms with Crippen LogP contribution in [0.3, 0.4) is 0 Å². The predicted octanol–water partition coefficient (Wildman–Crippen LogP) is 1.25. The van der Waals surface area contributed by atoms with Gasteiger partial charge in [0.25, 0.3) is 0 Å². The summed E-state index contributed by atoms with van der Waals surface area (Å²) in [5, 5.41) is 6.77. The van der Waals surface area contributed by atoms with E-state index in [1.54, 1.807) is 0 Å². The third-order valence-corrected chi connectivity index (χ3v) is 3.46. The summed E-state index contributed by atoms with van der Waals surface area (Å²) in [6.07, 6.45) is 4.19. The second-order valence-electron chi connectivity index (χ2n) is 5.15. The standard InChI is InChI=1S/C15H21N3O3/c1-3-15(20)18(4-2)10-14(19)16-8-7-12-9-13(21-17-12)11-5-6-11/h3,9,11H,1,4-8,10H2,2H3,(H,16,19). The molecule has 1 aliphatic rings. The summed E-state index contributed by atoms with van der Waals surface area (Å²) in [5.41, 5.74) is 0.853. The maximum Gasteiger partial charge on any atom is 0.246 e. The second-order valence-corrected chi connectivity index (χ2v) is 5.15. The largest absolute Gasteiger partial charge is 0.361 e. The van der Waals surface area contributed by atoms with Gasteiger partial charge in [-0.1, -0.05) is 11.7 Å². The van der Waals surface area contributed by atoms with Crippen LogP contribution in [-0.4, -0.2) is 41.5 Å². The topological polar surface area (TPSA) is 75.4 Å². The molecule has 1 fully saturated rings. The fraction of sp³-hybridized carbons (Fsp3) is 0.533. The van der Waals surface area contributed by atoms with E-state index in [1.807, 2.05) is 13.0 Å². The van der Waals surface area contributed by atoms with Crippen molar-refractivity contribution in [1.82, 2.24) is 15.4 Å². The Labute approximate surface area is 124 Å². The van der Waals surface area contributed by atoms with E-state index in [2.05, 4.69) is 17.1 Å². The quantitative estimate of drug-likeness (QED) is 0.731. The van der Waals surface area contributed by atoms with E-state index >= 15 is 0 Å². The number of likely N-dealkylation sites (N-methyl/N-ethyl adjacent to an activating group) is 1. The first-order valence-electron chi connectivity index (χ1n) is 7.27. The van der Waals surface area contributed by atoms with Crippen molar-refractivity contribution in [3.8, 4) is 0 Å². The zero-order valence-corrected chi connectivity index (χ0v) is 12.3. The van der Waals surface area contributed by atoms with Gasteiger partial charge in [-0.2, -0.15) is 0 Å². The molecule has 0 bridgehead atoms. The molecule has 0 radical (unpaired) electrons. The molecule has 1 aliphatic carbocycles. The molecule has 0 spiro atoms. The summed E-state index contributed by atoms with van der Waals surface area (Å²) in [4.78, 5) is 24.6. The lowest BCUT2D eigenvalue weighted by atomic mass is 10.2. The molecule has 0 unspecified atom stereocenters. The van der Waals surface area contributed by atoms with Crippen LogP contribution in [0.5, 0.6) is 0 Å². The molecule has 1 saturated carbocycles. The zero-order valence-electron chi connectivity index (χ0n) is 12.3. The Bertz CT molecular complexity index is 520. The van der Waals surface area contributed by atoms with Crippen molar-refractivity contribution in [2.24, 2.45) is 0 Å². The molecule has 6 heteroatoms. The molecule has 0 aliphatic heterocycles. The Morgan fingerprint density at radius 2 is 2.33 bits per heavy atom. The Balaban J connectivity index is 1.70. The molecule has 2 rings (SSSR count). The smallest absolute Gasteiger partial charge is 0.246 e. The van der Waals surface area contributed by atoms with Crippen molar-refractivity contribution in [2.45, 2.75) is 32.1 Å². The van der Waals surface area contributed by atoms with E-state index in [0.29, 0.717) is 25.4 Å². The number of aromatic nitrogens is 1. The average molecular weight is 291 g/mol. The number of nitrogens with zero attached hydrogens (tertiary/aromatic N) is 2. The maximum atomic E-state index is 11.8. The Morgan fingerprint density at radius 1 is 1.57 bits per heavy atom. The molecule has 6 nitrogen and oxygen atoms in total. The van der Waals surface area contributed by atoms with Gasteiger partial charge in [0.05, 0.1) is 12.2 Å². The highest BCUT2D eigenvalue weighted by molar-refractivity contribution is 5.90. The number of hydrogen-bond donors (Lipinski definition) is 1. The molecule has 1 N–H and O–H groups in total. The molecule has 0 aromatic carbocycles. The van der Waals surface area contributed by atoms with E-state index in [-0.39, 0.29) is 18.4 Å². The first kappa shape index (κ1) is 15.3. The van der Waals surface area contributed by atoms with Gasteiger partial charge in [-0.15, -0.1) is 0 Å².